The molecule has 1 aromatic rings. The molecule has 8 rings (SSSR count). The first-order valence-corrected chi connectivity index (χ1v) is 26.1. The number of sulfone groups is 1. The maximum Gasteiger partial charge on any atom is 0.338 e. The lowest BCUT2D eigenvalue weighted by Gasteiger charge is -2.72. The molecule has 0 aromatic heterocycles. The molecular formula is C52H80N2O5S. The summed E-state index contributed by atoms with van der Waals surface area (Å²) in [5.74, 6) is 4.26. The highest BCUT2D eigenvalue weighted by Crippen LogP contribution is 2.76. The van der Waals surface area contributed by atoms with E-state index in [-0.39, 0.29) is 22.3 Å². The second-order valence-electron chi connectivity index (χ2n) is 22.6. The topological polar surface area (TPSA) is 84.9 Å². The van der Waals surface area contributed by atoms with Crippen LogP contribution in [0.2, 0.25) is 0 Å². The van der Waals surface area contributed by atoms with Gasteiger partial charge in [0.15, 0.2) is 15.4 Å². The molecule has 1 aliphatic heterocycles. The van der Waals surface area contributed by atoms with E-state index in [0.717, 1.165) is 50.8 Å². The van der Waals surface area contributed by atoms with Gasteiger partial charge in [-0.1, -0.05) is 88.8 Å². The Morgan fingerprint density at radius 1 is 0.867 bits per heavy atom. The van der Waals surface area contributed by atoms with Crippen molar-refractivity contribution in [2.75, 3.05) is 44.3 Å². The third-order valence-electron chi connectivity index (χ3n) is 19.6. The SMILES string of the molecule is C=C(C)[C@@H]1CC[C@]2(NCCN3CCS(=O)(=O)CC3)CC[C@]3(C)[C@H](CC[C@@H]4[C@@]5(C)CC=C(CC6CCC(OCC)(C(=O)OCc7ccccc7)CC6)C(C)(C)[C@@H]5CC[C@]43C)[C@@H]12. The van der Waals surface area contributed by atoms with E-state index in [4.69, 9.17) is 9.47 Å². The molecule has 0 unspecified atom stereocenters. The molecule has 1 heterocycles. The summed E-state index contributed by atoms with van der Waals surface area (Å²) in [6.07, 6.45) is 18.9. The third kappa shape index (κ3) is 7.63. The lowest BCUT2D eigenvalue weighted by molar-refractivity contribution is -0.221. The zero-order valence-corrected chi connectivity index (χ0v) is 39.4. The summed E-state index contributed by atoms with van der Waals surface area (Å²) in [7, 11) is -2.86. The molecule has 8 heteroatoms. The molecule has 1 saturated heterocycles. The third-order valence-corrected chi connectivity index (χ3v) is 21.2. The van der Waals surface area contributed by atoms with Crippen LogP contribution in [0.5, 0.6) is 0 Å². The number of esters is 1. The largest absolute Gasteiger partial charge is 0.459 e. The van der Waals surface area contributed by atoms with Gasteiger partial charge in [-0.05, 0) is 166 Å². The van der Waals surface area contributed by atoms with Crippen molar-refractivity contribution in [2.24, 2.45) is 57.2 Å². The average Bonchev–Trinajstić information content (AvgIpc) is 3.60. The van der Waals surface area contributed by atoms with Crippen LogP contribution in [0.3, 0.4) is 0 Å². The molecule has 1 aromatic carbocycles. The smallest absolute Gasteiger partial charge is 0.338 e. The molecule has 0 radical (unpaired) electrons. The summed E-state index contributed by atoms with van der Waals surface area (Å²) in [5.41, 5.74) is 4.43. The van der Waals surface area contributed by atoms with E-state index in [2.05, 4.69) is 64.4 Å². The van der Waals surface area contributed by atoms with Gasteiger partial charge in [0.25, 0.3) is 0 Å². The normalized spacial score (nSPS) is 42.1. The van der Waals surface area contributed by atoms with Crippen LogP contribution in [0.15, 0.2) is 54.1 Å². The van der Waals surface area contributed by atoms with Crippen LogP contribution in [-0.2, 0) is 30.7 Å². The number of nitrogens with zero attached hydrogens (tertiary/aromatic N) is 1. The predicted octanol–water partition coefficient (Wildman–Crippen LogP) is 10.4. The number of benzene rings is 1. The summed E-state index contributed by atoms with van der Waals surface area (Å²) < 4.78 is 36.4. The van der Waals surface area contributed by atoms with E-state index in [1.165, 1.54) is 63.4 Å². The van der Waals surface area contributed by atoms with E-state index in [0.29, 0.717) is 84.1 Å². The van der Waals surface area contributed by atoms with Gasteiger partial charge in [-0.25, -0.2) is 13.2 Å². The number of allylic oxidation sites excluding steroid dienone is 3. The van der Waals surface area contributed by atoms with E-state index in [9.17, 15) is 13.2 Å². The summed E-state index contributed by atoms with van der Waals surface area (Å²) in [4.78, 5) is 15.9. The molecule has 0 bridgehead atoms. The minimum atomic E-state index is -2.86. The first-order valence-electron chi connectivity index (χ1n) is 24.3. The number of hydrogen-bond donors (Lipinski definition) is 1. The molecule has 0 amide bonds. The summed E-state index contributed by atoms with van der Waals surface area (Å²) >= 11 is 0. The molecule has 0 spiro atoms. The van der Waals surface area contributed by atoms with Crippen LogP contribution >= 0.6 is 0 Å². The Bertz CT molecular complexity index is 1870. The van der Waals surface area contributed by atoms with Crippen LogP contribution in [0.1, 0.15) is 144 Å². The number of fused-ring (bicyclic) bond motifs is 7. The van der Waals surface area contributed by atoms with E-state index < -0.39 is 15.4 Å². The molecule has 5 saturated carbocycles. The zero-order valence-electron chi connectivity index (χ0n) is 38.6. The first-order chi connectivity index (χ1) is 28.4. The molecule has 7 nitrogen and oxygen atoms in total. The van der Waals surface area contributed by atoms with Crippen molar-refractivity contribution in [2.45, 2.75) is 156 Å². The maximum atomic E-state index is 13.6. The standard InChI is InChI=1S/C52H80N2O5S/c1-9-59-52(46(55)58-36-39-13-11-10-12-14-39)25-17-38(18-26-52)35-40-19-22-48(6)43(47(40,4)5)21-23-50(8)44(48)16-15-42-45-41(37(2)3)20-24-51(45,28-27-49(42,50)7)53-29-30-54-31-33-60(56,57)34-32-54/h10-14,19,38,41-45,53H,2,9,15-18,20-36H2,1,3-8H3/t38?,41-,42+,43-,44+,45+,48-,49+,50+,51-,52?/m0/s1. The van der Waals surface area contributed by atoms with Gasteiger partial charge in [-0.15, -0.1) is 0 Å². The molecule has 334 valence electrons. The summed E-state index contributed by atoms with van der Waals surface area (Å²) in [6.45, 7) is 26.4. The quantitative estimate of drug-likeness (QED) is 0.166. The zero-order chi connectivity index (χ0) is 42.8. The summed E-state index contributed by atoms with van der Waals surface area (Å²) in [6, 6.07) is 9.97. The Balaban J connectivity index is 0.951. The number of rotatable bonds is 12. The fourth-order valence-corrected chi connectivity index (χ4v) is 17.4. The van der Waals surface area contributed by atoms with Crippen molar-refractivity contribution >= 4 is 15.8 Å². The molecular weight excluding hydrogens is 765 g/mol. The Hall–Kier alpha value is -2.00. The fraction of sp³-hybridized carbons (Fsp3) is 0.788. The second kappa shape index (κ2) is 16.5. The Kier molecular flexibility index (Phi) is 12.3. The Morgan fingerprint density at radius 3 is 2.27 bits per heavy atom. The molecule has 1 N–H and O–H groups in total. The molecule has 7 aliphatic rings. The van der Waals surface area contributed by atoms with E-state index in [1.807, 2.05) is 37.3 Å². The number of hydrogen-bond acceptors (Lipinski definition) is 7. The molecule has 9 atom stereocenters. The maximum absolute atomic E-state index is 13.6. The van der Waals surface area contributed by atoms with Gasteiger partial charge in [0.05, 0.1) is 11.5 Å². The van der Waals surface area contributed by atoms with Gasteiger partial charge in [-0.2, -0.15) is 0 Å². The van der Waals surface area contributed by atoms with Crippen LogP contribution < -0.4 is 5.32 Å². The van der Waals surface area contributed by atoms with Crippen molar-refractivity contribution in [3.05, 3.63) is 59.7 Å². The van der Waals surface area contributed by atoms with Crippen molar-refractivity contribution in [1.82, 2.24) is 10.2 Å². The van der Waals surface area contributed by atoms with Gasteiger partial charge < -0.3 is 19.7 Å². The van der Waals surface area contributed by atoms with Crippen LogP contribution in [0, 0.1) is 57.2 Å². The van der Waals surface area contributed by atoms with Gasteiger partial charge in [0.1, 0.15) is 6.61 Å². The molecule has 60 heavy (non-hydrogen) atoms. The van der Waals surface area contributed by atoms with Crippen LogP contribution in [0.4, 0.5) is 0 Å². The van der Waals surface area contributed by atoms with Gasteiger partial charge in [-0.3, -0.25) is 0 Å². The Morgan fingerprint density at radius 2 is 1.58 bits per heavy atom. The minimum absolute atomic E-state index is 0.149. The Labute approximate surface area is 364 Å². The highest BCUT2D eigenvalue weighted by molar-refractivity contribution is 7.91. The second-order valence-corrected chi connectivity index (χ2v) is 24.9. The molecule has 6 fully saturated rings. The number of carbonyl (C=O) groups is 1. The average molecular weight is 845 g/mol. The van der Waals surface area contributed by atoms with Gasteiger partial charge in [0, 0.05) is 38.3 Å². The molecule has 6 aliphatic carbocycles. The van der Waals surface area contributed by atoms with Crippen LogP contribution in [-0.4, -0.2) is 74.7 Å². The number of ether oxygens (including phenoxy) is 2. The number of carbonyl (C=O) groups excluding carboxylic acids is 1. The van der Waals surface area contributed by atoms with E-state index in [1.54, 1.807) is 5.57 Å². The highest BCUT2D eigenvalue weighted by Gasteiger charge is 2.70. The van der Waals surface area contributed by atoms with Crippen molar-refractivity contribution in [3.8, 4) is 0 Å². The predicted molar refractivity (Wildman–Crippen MR) is 243 cm³/mol. The fourth-order valence-electron chi connectivity index (χ4n) is 16.1. The van der Waals surface area contributed by atoms with Crippen LogP contribution in [0.25, 0.3) is 0 Å². The lowest BCUT2D eigenvalue weighted by atomic mass is 9.33. The highest BCUT2D eigenvalue weighted by atomic mass is 32.2. The van der Waals surface area contributed by atoms with E-state index >= 15 is 0 Å². The monoisotopic (exact) mass is 845 g/mol. The lowest BCUT2D eigenvalue weighted by Crippen LogP contribution is -2.68. The van der Waals surface area contributed by atoms with Crippen molar-refractivity contribution in [1.29, 1.82) is 0 Å². The van der Waals surface area contributed by atoms with Crippen molar-refractivity contribution in [3.63, 3.8) is 0 Å². The summed E-state index contributed by atoms with van der Waals surface area (Å²) in [5, 5.41) is 4.24. The van der Waals surface area contributed by atoms with Crippen molar-refractivity contribution < 1.29 is 22.7 Å². The van der Waals surface area contributed by atoms with Gasteiger partial charge in [0.2, 0.25) is 0 Å². The number of nitrogens with one attached hydrogen (secondary N) is 1. The first kappa shape index (κ1) is 44.6. The minimum Gasteiger partial charge on any atom is -0.459 e. The van der Waals surface area contributed by atoms with Gasteiger partial charge >= 0.3 is 5.97 Å².